The number of carbonyl (C=O) groups excluding carboxylic acids is 1. The van der Waals surface area contributed by atoms with Crippen LogP contribution in [0.2, 0.25) is 0 Å². The minimum Gasteiger partial charge on any atom is -0.497 e. The second-order valence-electron chi connectivity index (χ2n) is 6.00. The summed E-state index contributed by atoms with van der Waals surface area (Å²) in [6, 6.07) is 12.9. The van der Waals surface area contributed by atoms with Gasteiger partial charge in [-0.15, -0.1) is 0 Å². The maximum atomic E-state index is 12.4. The van der Waals surface area contributed by atoms with Crippen LogP contribution < -0.4 is 19.5 Å². The highest BCUT2D eigenvalue weighted by Gasteiger charge is 2.13. The largest absolute Gasteiger partial charge is 0.497 e. The van der Waals surface area contributed by atoms with E-state index >= 15 is 0 Å². The number of methoxy groups -OCH3 is 1. The van der Waals surface area contributed by atoms with Gasteiger partial charge < -0.3 is 19.5 Å². The predicted octanol–water partition coefficient (Wildman–Crippen LogP) is 4.20. The fourth-order valence-electron chi connectivity index (χ4n) is 2.37. The van der Waals surface area contributed by atoms with Gasteiger partial charge in [-0.2, -0.15) is 0 Å². The Morgan fingerprint density at radius 1 is 1.04 bits per heavy atom. The molecule has 0 heterocycles. The third kappa shape index (κ3) is 5.41. The van der Waals surface area contributed by atoms with E-state index in [0.29, 0.717) is 18.8 Å². The topological polar surface area (TPSA) is 56.8 Å². The molecule has 26 heavy (non-hydrogen) atoms. The molecule has 0 aliphatic rings. The van der Waals surface area contributed by atoms with Gasteiger partial charge in [-0.25, -0.2) is 0 Å². The second-order valence-corrected chi connectivity index (χ2v) is 6.00. The summed E-state index contributed by atoms with van der Waals surface area (Å²) in [5, 5.41) is 2.98. The molecule has 0 radical (unpaired) electrons. The Balaban J connectivity index is 2.14. The van der Waals surface area contributed by atoms with E-state index in [1.807, 2.05) is 57.2 Å². The number of nitrogens with one attached hydrogen (secondary N) is 1. The maximum absolute atomic E-state index is 12.4. The Hall–Kier alpha value is -2.69. The van der Waals surface area contributed by atoms with E-state index in [-0.39, 0.29) is 11.9 Å². The van der Waals surface area contributed by atoms with Crippen molar-refractivity contribution in [2.45, 2.75) is 39.8 Å². The molecule has 1 N–H and O–H groups in total. The zero-order valence-electron chi connectivity index (χ0n) is 15.9. The van der Waals surface area contributed by atoms with Gasteiger partial charge >= 0.3 is 0 Å². The molecular formula is C21H27NO4. The van der Waals surface area contributed by atoms with Crippen molar-refractivity contribution in [1.82, 2.24) is 5.32 Å². The van der Waals surface area contributed by atoms with Gasteiger partial charge in [-0.05, 0) is 62.7 Å². The van der Waals surface area contributed by atoms with Crippen LogP contribution in [0.3, 0.4) is 0 Å². The van der Waals surface area contributed by atoms with Gasteiger partial charge in [0.2, 0.25) is 0 Å². The van der Waals surface area contributed by atoms with Crippen molar-refractivity contribution in [3.05, 3.63) is 53.6 Å². The fourth-order valence-corrected chi connectivity index (χ4v) is 2.37. The van der Waals surface area contributed by atoms with E-state index < -0.39 is 0 Å². The van der Waals surface area contributed by atoms with E-state index in [9.17, 15) is 4.79 Å². The van der Waals surface area contributed by atoms with E-state index in [4.69, 9.17) is 14.2 Å². The zero-order valence-corrected chi connectivity index (χ0v) is 15.9. The number of benzene rings is 2. The Labute approximate surface area is 155 Å². The lowest BCUT2D eigenvalue weighted by molar-refractivity contribution is 0.0939. The van der Waals surface area contributed by atoms with Crippen LogP contribution in [0.1, 0.15) is 43.1 Å². The number of amides is 1. The highest BCUT2D eigenvalue weighted by molar-refractivity contribution is 5.94. The molecule has 1 amide bonds. The Kier molecular flexibility index (Phi) is 7.33. The first-order chi connectivity index (χ1) is 12.6. The average Bonchev–Trinajstić information content (AvgIpc) is 2.67. The molecule has 2 aromatic carbocycles. The third-order valence-electron chi connectivity index (χ3n) is 4.07. The van der Waals surface area contributed by atoms with E-state index in [0.717, 1.165) is 29.2 Å². The molecule has 0 bridgehead atoms. The summed E-state index contributed by atoms with van der Waals surface area (Å²) in [5.74, 6) is 2.13. The quantitative estimate of drug-likeness (QED) is 0.731. The molecule has 0 aliphatic heterocycles. The highest BCUT2D eigenvalue weighted by atomic mass is 16.5. The average molecular weight is 357 g/mol. The Morgan fingerprint density at radius 2 is 1.73 bits per heavy atom. The summed E-state index contributed by atoms with van der Waals surface area (Å²) in [7, 11) is 1.63. The minimum absolute atomic E-state index is 0.0897. The van der Waals surface area contributed by atoms with Gasteiger partial charge in [0.15, 0.2) is 0 Å². The van der Waals surface area contributed by atoms with Crippen molar-refractivity contribution >= 4 is 5.91 Å². The predicted molar refractivity (Wildman–Crippen MR) is 102 cm³/mol. The molecule has 0 aliphatic carbocycles. The van der Waals surface area contributed by atoms with Crippen LogP contribution in [0.25, 0.3) is 0 Å². The van der Waals surface area contributed by atoms with Crippen molar-refractivity contribution in [2.24, 2.45) is 0 Å². The van der Waals surface area contributed by atoms with Gasteiger partial charge in [-0.1, -0.05) is 6.92 Å². The normalized spacial score (nSPS) is 11.5. The van der Waals surface area contributed by atoms with Crippen molar-refractivity contribution in [3.8, 4) is 17.2 Å². The summed E-state index contributed by atoms with van der Waals surface area (Å²) in [6.45, 7) is 6.81. The molecule has 2 aromatic rings. The number of rotatable bonds is 9. The first-order valence-corrected chi connectivity index (χ1v) is 8.90. The Morgan fingerprint density at radius 3 is 2.35 bits per heavy atom. The van der Waals surface area contributed by atoms with Crippen molar-refractivity contribution in [2.75, 3.05) is 13.7 Å². The van der Waals surface area contributed by atoms with Gasteiger partial charge in [-0.3, -0.25) is 4.79 Å². The van der Waals surface area contributed by atoms with Gasteiger partial charge in [0.05, 0.1) is 13.7 Å². The molecule has 0 fully saturated rings. The van der Waals surface area contributed by atoms with Gasteiger partial charge in [0, 0.05) is 17.2 Å². The molecule has 0 spiro atoms. The van der Waals surface area contributed by atoms with E-state index in [1.165, 1.54) is 0 Å². The first-order valence-electron chi connectivity index (χ1n) is 8.90. The molecule has 1 atom stereocenters. The molecule has 140 valence electrons. The lowest BCUT2D eigenvalue weighted by Crippen LogP contribution is -2.32. The fraction of sp³-hybridized carbons (Fsp3) is 0.381. The molecule has 2 rings (SSSR count). The van der Waals surface area contributed by atoms with E-state index in [2.05, 4.69) is 5.32 Å². The molecular weight excluding hydrogens is 330 g/mol. The van der Waals surface area contributed by atoms with Crippen LogP contribution in [-0.4, -0.2) is 25.7 Å². The van der Waals surface area contributed by atoms with Gasteiger partial charge in [0.25, 0.3) is 5.91 Å². The van der Waals surface area contributed by atoms with Crippen molar-refractivity contribution < 1.29 is 19.0 Å². The minimum atomic E-state index is -0.0897. The summed E-state index contributed by atoms with van der Waals surface area (Å²) in [4.78, 5) is 12.4. The van der Waals surface area contributed by atoms with E-state index in [1.54, 1.807) is 13.2 Å². The smallest absolute Gasteiger partial charge is 0.251 e. The van der Waals surface area contributed by atoms with Gasteiger partial charge in [0.1, 0.15) is 23.9 Å². The molecule has 5 nitrogen and oxygen atoms in total. The van der Waals surface area contributed by atoms with Crippen molar-refractivity contribution in [3.63, 3.8) is 0 Å². The summed E-state index contributed by atoms with van der Waals surface area (Å²) in [6.07, 6.45) is 0.885. The first kappa shape index (κ1) is 19.6. The van der Waals surface area contributed by atoms with Crippen molar-refractivity contribution in [1.29, 1.82) is 0 Å². The maximum Gasteiger partial charge on any atom is 0.251 e. The van der Waals surface area contributed by atoms with Crippen LogP contribution in [0, 0.1) is 0 Å². The monoisotopic (exact) mass is 357 g/mol. The molecule has 1 unspecified atom stereocenters. The highest BCUT2D eigenvalue weighted by Crippen LogP contribution is 2.24. The van der Waals surface area contributed by atoms with Crippen LogP contribution in [0.15, 0.2) is 42.5 Å². The summed E-state index contributed by atoms with van der Waals surface area (Å²) in [5.41, 5.74) is 1.43. The summed E-state index contributed by atoms with van der Waals surface area (Å²) >= 11 is 0. The standard InChI is InChI=1S/C21H27NO4/c1-5-15(3)22-21(23)16-7-12-20(25-6-2)17(13-16)14-26-19-10-8-18(24-4)9-11-19/h7-13,15H,5-6,14H2,1-4H3,(H,22,23). The number of hydrogen-bond acceptors (Lipinski definition) is 4. The molecule has 0 saturated heterocycles. The third-order valence-corrected chi connectivity index (χ3v) is 4.07. The number of hydrogen-bond donors (Lipinski definition) is 1. The summed E-state index contributed by atoms with van der Waals surface area (Å²) < 4.78 is 16.7. The van der Waals surface area contributed by atoms with Crippen LogP contribution in [-0.2, 0) is 6.61 Å². The van der Waals surface area contributed by atoms with Crippen LogP contribution >= 0.6 is 0 Å². The second kappa shape index (κ2) is 9.70. The molecule has 5 heteroatoms. The lowest BCUT2D eigenvalue weighted by atomic mass is 10.1. The van der Waals surface area contributed by atoms with Crippen LogP contribution in [0.4, 0.5) is 0 Å². The number of ether oxygens (including phenoxy) is 3. The molecule has 0 saturated carbocycles. The molecule has 0 aromatic heterocycles. The number of carbonyl (C=O) groups is 1. The zero-order chi connectivity index (χ0) is 18.9. The van der Waals surface area contributed by atoms with Crippen LogP contribution in [0.5, 0.6) is 17.2 Å². The lowest BCUT2D eigenvalue weighted by Gasteiger charge is -2.15. The SMILES string of the molecule is CCOc1ccc(C(=O)NC(C)CC)cc1COc1ccc(OC)cc1. The Bertz CT molecular complexity index is 712.